The van der Waals surface area contributed by atoms with Crippen molar-refractivity contribution < 1.29 is 14.3 Å². The van der Waals surface area contributed by atoms with E-state index < -0.39 is 0 Å². The molecular formula is C14H21N3O3. The third-order valence-electron chi connectivity index (χ3n) is 3.42. The molecule has 1 fully saturated rings. The summed E-state index contributed by atoms with van der Waals surface area (Å²) in [6.07, 6.45) is 6.44. The van der Waals surface area contributed by atoms with E-state index in [-0.39, 0.29) is 18.0 Å². The molecular weight excluding hydrogens is 258 g/mol. The molecule has 6 nitrogen and oxygen atoms in total. The van der Waals surface area contributed by atoms with Crippen molar-refractivity contribution in [2.75, 3.05) is 26.8 Å². The number of amides is 1. The van der Waals surface area contributed by atoms with E-state index in [1.54, 1.807) is 4.90 Å². The fraction of sp³-hybridized carbons (Fsp3) is 0.643. The number of aromatic nitrogens is 2. The molecule has 0 aliphatic carbocycles. The van der Waals surface area contributed by atoms with Crippen LogP contribution in [0, 0.1) is 0 Å². The van der Waals surface area contributed by atoms with Crippen LogP contribution in [0.5, 0.6) is 6.01 Å². The third kappa shape index (κ3) is 3.66. The number of ether oxygens (including phenoxy) is 2. The second kappa shape index (κ2) is 7.19. The summed E-state index contributed by atoms with van der Waals surface area (Å²) >= 11 is 0. The van der Waals surface area contributed by atoms with Gasteiger partial charge in [-0.25, -0.2) is 9.97 Å². The topological polar surface area (TPSA) is 64.5 Å². The molecule has 0 saturated carbocycles. The van der Waals surface area contributed by atoms with Crippen LogP contribution in [-0.2, 0) is 4.74 Å². The lowest BCUT2D eigenvalue weighted by atomic mass is 10.1. The van der Waals surface area contributed by atoms with Crippen molar-refractivity contribution >= 4 is 5.91 Å². The van der Waals surface area contributed by atoms with Crippen molar-refractivity contribution in [3.05, 3.63) is 18.0 Å². The average Bonchev–Trinajstić information content (AvgIpc) is 2.53. The summed E-state index contributed by atoms with van der Waals surface area (Å²) in [4.78, 5) is 22.1. The van der Waals surface area contributed by atoms with Crippen LogP contribution in [0.25, 0.3) is 0 Å². The minimum atomic E-state index is -0.0654. The van der Waals surface area contributed by atoms with Gasteiger partial charge in [-0.15, -0.1) is 0 Å². The molecule has 1 aromatic heterocycles. The SMILES string of the molecule is CCN(CC1CCCCO1)C(=O)c1cnc(OC)nc1. The Morgan fingerprint density at radius 1 is 1.45 bits per heavy atom. The average molecular weight is 279 g/mol. The molecule has 110 valence electrons. The zero-order chi connectivity index (χ0) is 14.4. The number of nitrogens with zero attached hydrogens (tertiary/aromatic N) is 3. The number of rotatable bonds is 5. The van der Waals surface area contributed by atoms with Crippen LogP contribution < -0.4 is 4.74 Å². The lowest BCUT2D eigenvalue weighted by Gasteiger charge is -2.29. The van der Waals surface area contributed by atoms with Gasteiger partial charge in [-0.3, -0.25) is 4.79 Å². The van der Waals surface area contributed by atoms with Gasteiger partial charge in [0.1, 0.15) is 0 Å². The highest BCUT2D eigenvalue weighted by molar-refractivity contribution is 5.93. The third-order valence-corrected chi connectivity index (χ3v) is 3.42. The molecule has 2 rings (SSSR count). The molecule has 1 atom stereocenters. The molecule has 20 heavy (non-hydrogen) atoms. The van der Waals surface area contributed by atoms with Crippen LogP contribution in [0.2, 0.25) is 0 Å². The highest BCUT2D eigenvalue weighted by atomic mass is 16.5. The number of likely N-dealkylation sites (N-methyl/N-ethyl adjacent to an activating group) is 1. The quantitative estimate of drug-likeness (QED) is 0.817. The number of carbonyl (C=O) groups is 1. The first-order chi connectivity index (χ1) is 9.74. The Kier molecular flexibility index (Phi) is 5.29. The first-order valence-corrected chi connectivity index (χ1v) is 7.01. The molecule has 0 radical (unpaired) electrons. The van der Waals surface area contributed by atoms with E-state index in [9.17, 15) is 4.79 Å². The Morgan fingerprint density at radius 3 is 2.75 bits per heavy atom. The Bertz CT molecular complexity index is 430. The van der Waals surface area contributed by atoms with Gasteiger partial charge in [0, 0.05) is 32.1 Å². The van der Waals surface area contributed by atoms with Crippen molar-refractivity contribution in [3.8, 4) is 6.01 Å². The summed E-state index contributed by atoms with van der Waals surface area (Å²) in [5.74, 6) is -0.0654. The van der Waals surface area contributed by atoms with E-state index in [0.717, 1.165) is 19.4 Å². The monoisotopic (exact) mass is 279 g/mol. The van der Waals surface area contributed by atoms with Crippen molar-refractivity contribution in [2.24, 2.45) is 0 Å². The van der Waals surface area contributed by atoms with Crippen molar-refractivity contribution in [3.63, 3.8) is 0 Å². The van der Waals surface area contributed by atoms with Crippen molar-refractivity contribution in [1.29, 1.82) is 0 Å². The molecule has 1 aliphatic rings. The largest absolute Gasteiger partial charge is 0.467 e. The van der Waals surface area contributed by atoms with Crippen LogP contribution in [0.4, 0.5) is 0 Å². The summed E-state index contributed by atoms with van der Waals surface area (Å²) < 4.78 is 10.6. The molecule has 2 heterocycles. The van der Waals surface area contributed by atoms with E-state index in [1.807, 2.05) is 6.92 Å². The maximum absolute atomic E-state index is 12.4. The number of hydrogen-bond donors (Lipinski definition) is 0. The van der Waals surface area contributed by atoms with Gasteiger partial charge in [0.25, 0.3) is 5.91 Å². The van der Waals surface area contributed by atoms with Gasteiger partial charge in [0.05, 0.1) is 18.8 Å². The zero-order valence-electron chi connectivity index (χ0n) is 12.0. The van der Waals surface area contributed by atoms with Crippen LogP contribution >= 0.6 is 0 Å². The fourth-order valence-electron chi connectivity index (χ4n) is 2.27. The Hall–Kier alpha value is -1.69. The van der Waals surface area contributed by atoms with E-state index in [1.165, 1.54) is 25.9 Å². The van der Waals surface area contributed by atoms with Gasteiger partial charge < -0.3 is 14.4 Å². The summed E-state index contributed by atoms with van der Waals surface area (Å²) in [6, 6.07) is 0.264. The number of carbonyl (C=O) groups excluding carboxylic acids is 1. The highest BCUT2D eigenvalue weighted by Crippen LogP contribution is 2.15. The standard InChI is InChI=1S/C14H21N3O3/c1-3-17(10-12-6-4-5-7-20-12)13(18)11-8-15-14(19-2)16-9-11/h8-9,12H,3-7,10H2,1-2H3. The first kappa shape index (κ1) is 14.7. The molecule has 0 spiro atoms. The molecule has 1 saturated heterocycles. The predicted molar refractivity (Wildman–Crippen MR) is 73.8 cm³/mol. The molecule has 6 heteroatoms. The summed E-state index contributed by atoms with van der Waals surface area (Å²) in [6.45, 7) is 4.03. The van der Waals surface area contributed by atoms with E-state index in [4.69, 9.17) is 9.47 Å². The van der Waals surface area contributed by atoms with Crippen molar-refractivity contribution in [1.82, 2.24) is 14.9 Å². The second-order valence-electron chi connectivity index (χ2n) is 4.79. The number of methoxy groups -OCH3 is 1. The van der Waals surface area contributed by atoms with Crippen LogP contribution in [0.15, 0.2) is 12.4 Å². The molecule has 1 unspecified atom stereocenters. The molecule has 1 amide bonds. The predicted octanol–water partition coefficient (Wildman–Crippen LogP) is 1.52. The van der Waals surface area contributed by atoms with E-state index >= 15 is 0 Å². The lowest BCUT2D eigenvalue weighted by molar-refractivity contribution is -0.00313. The van der Waals surface area contributed by atoms with Gasteiger partial charge in [-0.2, -0.15) is 0 Å². The normalized spacial score (nSPS) is 18.6. The molecule has 0 N–H and O–H groups in total. The van der Waals surface area contributed by atoms with Crippen LogP contribution in [0.1, 0.15) is 36.5 Å². The summed E-state index contributed by atoms with van der Waals surface area (Å²) in [5.41, 5.74) is 0.475. The Labute approximate surface area is 119 Å². The highest BCUT2D eigenvalue weighted by Gasteiger charge is 2.21. The Balaban J connectivity index is 1.99. The van der Waals surface area contributed by atoms with Gasteiger partial charge in [-0.05, 0) is 26.2 Å². The van der Waals surface area contributed by atoms with E-state index in [2.05, 4.69) is 9.97 Å². The van der Waals surface area contributed by atoms with Gasteiger partial charge in [-0.1, -0.05) is 0 Å². The zero-order valence-corrected chi connectivity index (χ0v) is 12.0. The Morgan fingerprint density at radius 2 is 2.20 bits per heavy atom. The smallest absolute Gasteiger partial charge is 0.316 e. The minimum Gasteiger partial charge on any atom is -0.467 e. The maximum atomic E-state index is 12.4. The van der Waals surface area contributed by atoms with Crippen LogP contribution in [-0.4, -0.2) is 53.7 Å². The van der Waals surface area contributed by atoms with Gasteiger partial charge >= 0.3 is 6.01 Å². The molecule has 1 aromatic rings. The first-order valence-electron chi connectivity index (χ1n) is 7.01. The van der Waals surface area contributed by atoms with E-state index in [0.29, 0.717) is 18.7 Å². The van der Waals surface area contributed by atoms with Crippen LogP contribution in [0.3, 0.4) is 0 Å². The van der Waals surface area contributed by atoms with Gasteiger partial charge in [0.2, 0.25) is 0 Å². The summed E-state index contributed by atoms with van der Waals surface area (Å²) in [7, 11) is 1.50. The maximum Gasteiger partial charge on any atom is 0.316 e. The van der Waals surface area contributed by atoms with Crippen molar-refractivity contribution in [2.45, 2.75) is 32.3 Å². The van der Waals surface area contributed by atoms with Gasteiger partial charge in [0.15, 0.2) is 0 Å². The molecule has 1 aliphatic heterocycles. The minimum absolute atomic E-state index is 0.0654. The summed E-state index contributed by atoms with van der Waals surface area (Å²) in [5, 5.41) is 0. The second-order valence-corrected chi connectivity index (χ2v) is 4.79. The molecule has 0 bridgehead atoms. The molecule has 0 aromatic carbocycles. The fourth-order valence-corrected chi connectivity index (χ4v) is 2.27. The lowest BCUT2D eigenvalue weighted by Crippen LogP contribution is -2.39. The number of hydrogen-bond acceptors (Lipinski definition) is 5.